The largest absolute Gasteiger partial charge is 0.376 e. The van der Waals surface area contributed by atoms with Gasteiger partial charge >= 0.3 is 0 Å². The molecule has 0 amide bonds. The fourth-order valence-electron chi connectivity index (χ4n) is 3.01. The van der Waals surface area contributed by atoms with Gasteiger partial charge in [-0.1, -0.05) is 27.7 Å². The van der Waals surface area contributed by atoms with E-state index in [2.05, 4.69) is 43.1 Å². The van der Waals surface area contributed by atoms with Gasteiger partial charge in [0.15, 0.2) is 0 Å². The van der Waals surface area contributed by atoms with Gasteiger partial charge in [-0.15, -0.1) is 0 Å². The zero-order chi connectivity index (χ0) is 15.2. The summed E-state index contributed by atoms with van der Waals surface area (Å²) in [6, 6.07) is 0.331. The first-order valence-corrected chi connectivity index (χ1v) is 8.33. The molecule has 5 heteroatoms. The molecular formula is C16H30N4O. The summed E-state index contributed by atoms with van der Waals surface area (Å²) in [6.45, 7) is 11.7. The van der Waals surface area contributed by atoms with Gasteiger partial charge in [-0.25, -0.2) is 9.67 Å². The number of hydrogen-bond donors (Lipinski definition) is 1. The molecule has 0 bridgehead atoms. The normalized spacial score (nSPS) is 23.9. The first-order chi connectivity index (χ1) is 10.1. The molecule has 120 valence electrons. The molecule has 1 aliphatic rings. The monoisotopic (exact) mass is 294 g/mol. The summed E-state index contributed by atoms with van der Waals surface area (Å²) in [4.78, 5) is 4.47. The van der Waals surface area contributed by atoms with Crippen LogP contribution >= 0.6 is 0 Å². The zero-order valence-corrected chi connectivity index (χ0v) is 13.9. The molecule has 1 aromatic heterocycles. The van der Waals surface area contributed by atoms with E-state index in [0.29, 0.717) is 24.0 Å². The first kappa shape index (κ1) is 16.4. The average Bonchev–Trinajstić information content (AvgIpc) is 3.03. The van der Waals surface area contributed by atoms with E-state index in [1.165, 1.54) is 0 Å². The molecule has 3 atom stereocenters. The van der Waals surface area contributed by atoms with Crippen molar-refractivity contribution < 1.29 is 4.74 Å². The molecule has 21 heavy (non-hydrogen) atoms. The molecule has 1 aromatic rings. The lowest BCUT2D eigenvalue weighted by molar-refractivity contribution is 0.0600. The second kappa shape index (κ2) is 7.90. The third-order valence-corrected chi connectivity index (χ3v) is 4.13. The Morgan fingerprint density at radius 2 is 2.29 bits per heavy atom. The second-order valence-electron chi connectivity index (χ2n) is 6.62. The smallest absolute Gasteiger partial charge is 0.138 e. The van der Waals surface area contributed by atoms with Crippen LogP contribution in [0.5, 0.6) is 0 Å². The van der Waals surface area contributed by atoms with Crippen molar-refractivity contribution in [1.82, 2.24) is 20.1 Å². The third kappa shape index (κ3) is 4.51. The standard InChI is InChI=1S/C16H30N4O/c1-5-7-17-14(16-13(4)6-8-21-16)9-15-18-11-19-20(15)10-12(2)3/h11-14,16-17H,5-10H2,1-4H3. The topological polar surface area (TPSA) is 52.0 Å². The average molecular weight is 294 g/mol. The highest BCUT2D eigenvalue weighted by Crippen LogP contribution is 2.24. The van der Waals surface area contributed by atoms with Crippen LogP contribution in [-0.2, 0) is 17.7 Å². The molecule has 0 radical (unpaired) electrons. The lowest BCUT2D eigenvalue weighted by atomic mass is 9.95. The van der Waals surface area contributed by atoms with E-state index in [1.807, 2.05) is 4.68 Å². The fraction of sp³-hybridized carbons (Fsp3) is 0.875. The van der Waals surface area contributed by atoms with E-state index in [4.69, 9.17) is 4.74 Å². The van der Waals surface area contributed by atoms with Crippen molar-refractivity contribution in [2.24, 2.45) is 11.8 Å². The highest BCUT2D eigenvalue weighted by atomic mass is 16.5. The molecule has 1 aliphatic heterocycles. The van der Waals surface area contributed by atoms with Crippen LogP contribution in [0.15, 0.2) is 6.33 Å². The molecule has 0 aromatic carbocycles. The van der Waals surface area contributed by atoms with Crippen LogP contribution in [-0.4, -0.2) is 40.1 Å². The Labute approximate surface area is 128 Å². The highest BCUT2D eigenvalue weighted by Gasteiger charge is 2.32. The van der Waals surface area contributed by atoms with Crippen molar-refractivity contribution >= 4 is 0 Å². The summed E-state index contributed by atoms with van der Waals surface area (Å²) in [5, 5.41) is 8.03. The quantitative estimate of drug-likeness (QED) is 0.799. The Bertz CT molecular complexity index is 418. The molecule has 1 fully saturated rings. The Balaban J connectivity index is 2.05. The fourth-order valence-corrected chi connectivity index (χ4v) is 3.01. The maximum absolute atomic E-state index is 5.97. The van der Waals surface area contributed by atoms with Crippen molar-refractivity contribution in [2.45, 2.75) is 65.6 Å². The molecule has 0 aliphatic carbocycles. The van der Waals surface area contributed by atoms with Crippen LogP contribution in [0.4, 0.5) is 0 Å². The van der Waals surface area contributed by atoms with Crippen LogP contribution in [0.1, 0.15) is 46.4 Å². The Hall–Kier alpha value is -0.940. The van der Waals surface area contributed by atoms with E-state index >= 15 is 0 Å². The molecule has 2 rings (SSSR count). The highest BCUT2D eigenvalue weighted by molar-refractivity contribution is 4.95. The van der Waals surface area contributed by atoms with E-state index in [1.54, 1.807) is 6.33 Å². The predicted molar refractivity (Wildman–Crippen MR) is 84.2 cm³/mol. The molecule has 5 nitrogen and oxygen atoms in total. The van der Waals surface area contributed by atoms with E-state index < -0.39 is 0 Å². The number of ether oxygens (including phenoxy) is 1. The van der Waals surface area contributed by atoms with Gasteiger partial charge in [-0.05, 0) is 31.2 Å². The summed E-state index contributed by atoms with van der Waals surface area (Å²) >= 11 is 0. The van der Waals surface area contributed by atoms with Crippen LogP contribution in [0.25, 0.3) is 0 Å². The number of hydrogen-bond acceptors (Lipinski definition) is 4. The summed E-state index contributed by atoms with van der Waals surface area (Å²) in [7, 11) is 0. The van der Waals surface area contributed by atoms with E-state index in [9.17, 15) is 0 Å². The minimum Gasteiger partial charge on any atom is -0.376 e. The van der Waals surface area contributed by atoms with Crippen LogP contribution in [0.3, 0.4) is 0 Å². The van der Waals surface area contributed by atoms with Crippen molar-refractivity contribution in [1.29, 1.82) is 0 Å². The summed E-state index contributed by atoms with van der Waals surface area (Å²) in [5.41, 5.74) is 0. The number of aromatic nitrogens is 3. The number of nitrogens with one attached hydrogen (secondary N) is 1. The number of rotatable bonds is 8. The van der Waals surface area contributed by atoms with E-state index in [0.717, 1.165) is 44.8 Å². The summed E-state index contributed by atoms with van der Waals surface area (Å²) in [5.74, 6) is 2.26. The van der Waals surface area contributed by atoms with E-state index in [-0.39, 0.29) is 0 Å². The maximum Gasteiger partial charge on any atom is 0.138 e. The van der Waals surface area contributed by atoms with Gasteiger partial charge in [0.05, 0.1) is 6.10 Å². The molecule has 0 saturated carbocycles. The van der Waals surface area contributed by atoms with Crippen molar-refractivity contribution in [2.75, 3.05) is 13.2 Å². The molecule has 1 saturated heterocycles. The van der Waals surface area contributed by atoms with Gasteiger partial charge in [0.2, 0.25) is 0 Å². The summed E-state index contributed by atoms with van der Waals surface area (Å²) in [6.07, 6.45) is 5.15. The molecular weight excluding hydrogens is 264 g/mol. The molecule has 0 spiro atoms. The maximum atomic E-state index is 5.97. The lowest BCUT2D eigenvalue weighted by Gasteiger charge is -2.27. The lowest BCUT2D eigenvalue weighted by Crippen LogP contribution is -2.44. The van der Waals surface area contributed by atoms with Gasteiger partial charge in [0, 0.05) is 25.6 Å². The first-order valence-electron chi connectivity index (χ1n) is 8.33. The summed E-state index contributed by atoms with van der Waals surface area (Å²) < 4.78 is 8.02. The van der Waals surface area contributed by atoms with Crippen molar-refractivity contribution in [3.05, 3.63) is 12.2 Å². The van der Waals surface area contributed by atoms with Gasteiger partial charge in [0.1, 0.15) is 12.2 Å². The number of nitrogens with zero attached hydrogens (tertiary/aromatic N) is 3. The van der Waals surface area contributed by atoms with Gasteiger partial charge in [-0.2, -0.15) is 5.10 Å². The van der Waals surface area contributed by atoms with Crippen LogP contribution < -0.4 is 5.32 Å². The second-order valence-corrected chi connectivity index (χ2v) is 6.62. The zero-order valence-electron chi connectivity index (χ0n) is 13.9. The minimum absolute atomic E-state index is 0.292. The van der Waals surface area contributed by atoms with Gasteiger partial charge in [-0.3, -0.25) is 0 Å². The van der Waals surface area contributed by atoms with Gasteiger partial charge in [0.25, 0.3) is 0 Å². The van der Waals surface area contributed by atoms with Gasteiger partial charge < -0.3 is 10.1 Å². The SMILES string of the molecule is CCCNC(Cc1ncnn1CC(C)C)C1OCCC1C. The molecule has 3 unspecified atom stereocenters. The van der Waals surface area contributed by atoms with Crippen molar-refractivity contribution in [3.63, 3.8) is 0 Å². The Kier molecular flexibility index (Phi) is 6.18. The van der Waals surface area contributed by atoms with Crippen LogP contribution in [0.2, 0.25) is 0 Å². The Morgan fingerprint density at radius 3 is 2.90 bits per heavy atom. The molecule has 2 heterocycles. The molecule has 1 N–H and O–H groups in total. The third-order valence-electron chi connectivity index (χ3n) is 4.13. The predicted octanol–water partition coefficient (Wildman–Crippen LogP) is 2.27. The van der Waals surface area contributed by atoms with Crippen molar-refractivity contribution in [3.8, 4) is 0 Å². The Morgan fingerprint density at radius 1 is 1.48 bits per heavy atom. The minimum atomic E-state index is 0.292. The van der Waals surface area contributed by atoms with Crippen LogP contribution in [0, 0.1) is 11.8 Å².